The Morgan fingerprint density at radius 2 is 1.19 bits per heavy atom. The van der Waals surface area contributed by atoms with Crippen molar-refractivity contribution in [2.24, 2.45) is 0 Å². The number of rotatable bonds is 23. The van der Waals surface area contributed by atoms with Gasteiger partial charge >= 0.3 is 5.97 Å². The Morgan fingerprint density at radius 3 is 1.59 bits per heavy atom. The maximum absolute atomic E-state index is 12.0. The van der Waals surface area contributed by atoms with Crippen LogP contribution in [0.5, 0.6) is 0 Å². The maximum Gasteiger partial charge on any atom is 0.322 e. The molecule has 0 aliphatic rings. The van der Waals surface area contributed by atoms with Gasteiger partial charge in [-0.05, 0) is 12.2 Å². The Morgan fingerprint density at radius 1 is 0.750 bits per heavy atom. The van der Waals surface area contributed by atoms with Crippen molar-refractivity contribution in [3.63, 3.8) is 0 Å². The highest BCUT2D eigenvalue weighted by Crippen LogP contribution is 2.14. The summed E-state index contributed by atoms with van der Waals surface area (Å²) in [6.07, 6.45) is 21.5. The third-order valence-electron chi connectivity index (χ3n) is 5.53. The second kappa shape index (κ2) is 22.9. The van der Waals surface area contributed by atoms with Gasteiger partial charge in [-0.25, -0.2) is 0 Å². The van der Waals surface area contributed by atoms with Crippen molar-refractivity contribution >= 4 is 29.5 Å². The first-order valence-electron chi connectivity index (χ1n) is 12.8. The molecule has 0 aromatic carbocycles. The van der Waals surface area contributed by atoms with Gasteiger partial charge in [0.1, 0.15) is 12.6 Å². The summed E-state index contributed by atoms with van der Waals surface area (Å²) in [6.45, 7) is 3.20. The zero-order chi connectivity index (χ0) is 23.9. The normalized spacial score (nSPS) is 11.8. The molecule has 0 heterocycles. The molecule has 0 aliphatic carbocycles. The quantitative estimate of drug-likeness (QED) is 0.166. The zero-order valence-corrected chi connectivity index (χ0v) is 21.4. The van der Waals surface area contributed by atoms with E-state index < -0.39 is 24.5 Å². The number of carbonyl (C=O) groups is 3. The lowest BCUT2D eigenvalue weighted by molar-refractivity contribution is -0.138. The van der Waals surface area contributed by atoms with Crippen LogP contribution >= 0.6 is 11.8 Å². The molecule has 0 fully saturated rings. The van der Waals surface area contributed by atoms with E-state index in [-0.39, 0.29) is 5.91 Å². The van der Waals surface area contributed by atoms with Crippen molar-refractivity contribution in [3.05, 3.63) is 0 Å². The number of unbranched alkanes of at least 4 members (excludes halogenated alkanes) is 15. The van der Waals surface area contributed by atoms with E-state index in [1.54, 1.807) is 11.8 Å². The van der Waals surface area contributed by atoms with Crippen molar-refractivity contribution in [3.8, 4) is 0 Å². The number of aliphatic carboxylic acids is 1. The van der Waals surface area contributed by atoms with Crippen LogP contribution in [0.15, 0.2) is 0 Å². The second-order valence-corrected chi connectivity index (χ2v) is 9.89. The van der Waals surface area contributed by atoms with Crippen LogP contribution in [-0.2, 0) is 14.4 Å². The molecule has 0 aromatic heterocycles. The molecule has 0 unspecified atom stereocenters. The van der Waals surface area contributed by atoms with Crippen LogP contribution in [0.2, 0.25) is 0 Å². The molecular weight excluding hydrogens is 424 g/mol. The predicted molar refractivity (Wildman–Crippen MR) is 135 cm³/mol. The number of hydrogen-bond donors (Lipinski definition) is 3. The molecule has 1 atom stereocenters. The largest absolute Gasteiger partial charge is 0.480 e. The maximum atomic E-state index is 12.0. The minimum Gasteiger partial charge on any atom is -0.480 e. The first-order valence-corrected chi connectivity index (χ1v) is 14.0. The lowest BCUT2D eigenvalue weighted by Crippen LogP contribution is -2.48. The van der Waals surface area contributed by atoms with Gasteiger partial charge in [-0.1, -0.05) is 103 Å². The Balaban J connectivity index is 3.49. The Labute approximate surface area is 200 Å². The second-order valence-electron chi connectivity index (χ2n) is 8.74. The molecule has 0 aromatic rings. The molecule has 0 aliphatic heterocycles. The number of carboxylic acid groups (broad SMARTS) is 1. The van der Waals surface area contributed by atoms with Crippen LogP contribution in [0, 0.1) is 0 Å². The highest BCUT2D eigenvalue weighted by atomic mass is 32.2. The fraction of sp³-hybridized carbons (Fsp3) is 0.880. The van der Waals surface area contributed by atoms with E-state index in [2.05, 4.69) is 17.6 Å². The van der Waals surface area contributed by atoms with Gasteiger partial charge in [0.15, 0.2) is 0 Å². The summed E-state index contributed by atoms with van der Waals surface area (Å²) in [7, 11) is 0. The highest BCUT2D eigenvalue weighted by molar-refractivity contribution is 7.99. The fourth-order valence-electron chi connectivity index (χ4n) is 3.67. The zero-order valence-electron chi connectivity index (χ0n) is 20.6. The van der Waals surface area contributed by atoms with Crippen LogP contribution in [0.25, 0.3) is 0 Å². The first kappa shape index (κ1) is 30.8. The number of carboxylic acids is 1. The van der Waals surface area contributed by atoms with Gasteiger partial charge in [-0.15, -0.1) is 0 Å². The minimum atomic E-state index is -1.10. The summed E-state index contributed by atoms with van der Waals surface area (Å²) in [5, 5.41) is 13.6. The molecule has 7 heteroatoms. The predicted octanol–water partition coefficient (Wildman–Crippen LogP) is 5.69. The third-order valence-corrected chi connectivity index (χ3v) is 6.68. The summed E-state index contributed by atoms with van der Waals surface area (Å²) in [4.78, 5) is 33.8. The molecule has 0 spiro atoms. The van der Waals surface area contributed by atoms with E-state index in [1.807, 2.05) is 0 Å². The first-order chi connectivity index (χ1) is 15.5. The minimum absolute atomic E-state index is 0.288. The lowest BCUT2D eigenvalue weighted by Gasteiger charge is -2.16. The third kappa shape index (κ3) is 22.0. The number of nitrogens with one attached hydrogen (secondary N) is 2. The molecular formula is C25H48N2O4S. The molecule has 32 heavy (non-hydrogen) atoms. The van der Waals surface area contributed by atoms with E-state index >= 15 is 0 Å². The number of thioether (sulfide) groups is 1. The van der Waals surface area contributed by atoms with E-state index in [0.29, 0.717) is 5.75 Å². The molecule has 0 saturated heterocycles. The Hall–Kier alpha value is -1.24. The van der Waals surface area contributed by atoms with Crippen LogP contribution in [0.4, 0.5) is 0 Å². The van der Waals surface area contributed by atoms with Crippen LogP contribution in [-0.4, -0.2) is 47.0 Å². The summed E-state index contributed by atoms with van der Waals surface area (Å²) in [6, 6.07) is -0.682. The van der Waals surface area contributed by atoms with Crippen molar-refractivity contribution < 1.29 is 19.5 Å². The molecule has 0 saturated carbocycles. The monoisotopic (exact) mass is 472 g/mol. The summed E-state index contributed by atoms with van der Waals surface area (Å²) in [5.41, 5.74) is 0. The average Bonchev–Trinajstić information content (AvgIpc) is 2.75. The van der Waals surface area contributed by atoms with E-state index in [1.165, 1.54) is 103 Å². The van der Waals surface area contributed by atoms with Crippen molar-refractivity contribution in [2.75, 3.05) is 18.1 Å². The van der Waals surface area contributed by atoms with Crippen molar-refractivity contribution in [1.29, 1.82) is 0 Å². The van der Waals surface area contributed by atoms with Gasteiger partial charge in [0.05, 0.1) is 0 Å². The fourth-order valence-corrected chi connectivity index (χ4v) is 4.71. The van der Waals surface area contributed by atoms with E-state index in [4.69, 9.17) is 5.11 Å². The van der Waals surface area contributed by atoms with Gasteiger partial charge in [-0.2, -0.15) is 11.8 Å². The number of amides is 2. The van der Waals surface area contributed by atoms with Gasteiger partial charge in [-0.3, -0.25) is 14.4 Å². The lowest BCUT2D eigenvalue weighted by atomic mass is 10.0. The summed E-state index contributed by atoms with van der Waals surface area (Å²) >= 11 is 1.63. The van der Waals surface area contributed by atoms with Gasteiger partial charge in [0.2, 0.25) is 11.8 Å². The van der Waals surface area contributed by atoms with E-state index in [0.717, 1.165) is 12.2 Å². The van der Waals surface area contributed by atoms with Gasteiger partial charge in [0.25, 0.3) is 0 Å². The van der Waals surface area contributed by atoms with Crippen LogP contribution in [0.3, 0.4) is 0 Å². The van der Waals surface area contributed by atoms with Crippen molar-refractivity contribution in [1.82, 2.24) is 10.6 Å². The molecule has 6 nitrogen and oxygen atoms in total. The smallest absolute Gasteiger partial charge is 0.322 e. The number of hydrogen-bond acceptors (Lipinski definition) is 4. The standard InChI is InChI=1S/C25H48N2O4S/c1-3-4-5-6-7-8-9-10-11-12-13-14-15-16-17-18-19-32-21-23(27-22(2)28)25(31)26-20-24(29)30/h23H,3-21H2,1-2H3,(H,26,31)(H,27,28)(H,29,30)/t23-/m1/s1. The highest BCUT2D eigenvalue weighted by Gasteiger charge is 2.19. The van der Waals surface area contributed by atoms with Gasteiger partial charge < -0.3 is 15.7 Å². The average molecular weight is 473 g/mol. The molecule has 0 radical (unpaired) electrons. The molecule has 188 valence electrons. The Kier molecular flexibility index (Phi) is 22.0. The molecule has 2 amide bonds. The summed E-state index contributed by atoms with van der Waals surface area (Å²) in [5.74, 6) is -0.420. The topological polar surface area (TPSA) is 95.5 Å². The van der Waals surface area contributed by atoms with Crippen molar-refractivity contribution in [2.45, 2.75) is 123 Å². The SMILES string of the molecule is CCCCCCCCCCCCCCCCCCSC[C@@H](NC(C)=O)C(=O)NCC(=O)O. The molecule has 3 N–H and O–H groups in total. The van der Waals surface area contributed by atoms with Crippen LogP contribution < -0.4 is 10.6 Å². The number of carbonyl (C=O) groups excluding carboxylic acids is 2. The van der Waals surface area contributed by atoms with E-state index in [9.17, 15) is 14.4 Å². The molecule has 0 rings (SSSR count). The Bertz CT molecular complexity index is 489. The van der Waals surface area contributed by atoms with Crippen LogP contribution in [0.1, 0.15) is 117 Å². The molecule has 0 bridgehead atoms. The van der Waals surface area contributed by atoms with Gasteiger partial charge in [0, 0.05) is 12.7 Å². The summed E-state index contributed by atoms with van der Waals surface area (Å²) < 4.78 is 0.